The van der Waals surface area contributed by atoms with E-state index in [9.17, 15) is 24.6 Å². The van der Waals surface area contributed by atoms with E-state index in [0.29, 0.717) is 71.2 Å². The third kappa shape index (κ3) is 14.4. The molecule has 318 valence electrons. The van der Waals surface area contributed by atoms with Crippen molar-refractivity contribution in [3.05, 3.63) is 0 Å². The summed E-state index contributed by atoms with van der Waals surface area (Å²) in [7, 11) is 0. The summed E-state index contributed by atoms with van der Waals surface area (Å²) in [4.78, 5) is 42.9. The number of ether oxygens (including phenoxy) is 5. The molecule has 0 radical (unpaired) electrons. The summed E-state index contributed by atoms with van der Waals surface area (Å²) in [6.07, 6.45) is 24.2. The lowest BCUT2D eigenvalue weighted by Gasteiger charge is -2.36. The maximum Gasteiger partial charge on any atom is 0.307 e. The molecule has 0 aromatic rings. The number of hydroxylamine groups is 1. The largest absolute Gasteiger partial charge is 0.481 e. The monoisotopic (exact) mass is 790 g/mol. The molecule has 5 rings (SSSR count). The molecule has 6 unspecified atom stereocenters. The van der Waals surface area contributed by atoms with Crippen LogP contribution in [0.2, 0.25) is 0 Å². The normalized spacial score (nSPS) is 33.2. The SMILES string of the molecule is C#COC1CCC(C(=O)O)C(C(=O)NC2CCC(OCC(C)(C)COC3CCC(NOCC4CC(OCCOC5CCCCC5)CCC4C(=O)O)CC3)CC2)C1. The van der Waals surface area contributed by atoms with E-state index in [4.69, 9.17) is 34.9 Å². The lowest BCUT2D eigenvalue weighted by molar-refractivity contribution is -0.151. The van der Waals surface area contributed by atoms with Gasteiger partial charge in [-0.15, -0.1) is 0 Å². The van der Waals surface area contributed by atoms with Gasteiger partial charge in [0.25, 0.3) is 0 Å². The number of carboxylic acids is 2. The topological polar surface area (TPSA) is 171 Å². The van der Waals surface area contributed by atoms with Gasteiger partial charge < -0.3 is 44.1 Å². The van der Waals surface area contributed by atoms with E-state index in [2.05, 4.69) is 30.8 Å². The fourth-order valence-electron chi connectivity index (χ4n) is 9.49. The summed E-state index contributed by atoms with van der Waals surface area (Å²) in [6.45, 7) is 7.01. The fourth-order valence-corrected chi connectivity index (χ4v) is 9.49. The molecule has 0 spiro atoms. The molecule has 0 bridgehead atoms. The van der Waals surface area contributed by atoms with Crippen molar-refractivity contribution < 1.29 is 53.1 Å². The van der Waals surface area contributed by atoms with Gasteiger partial charge in [0, 0.05) is 17.5 Å². The Balaban J connectivity index is 0.918. The van der Waals surface area contributed by atoms with Gasteiger partial charge in [-0.3, -0.25) is 14.4 Å². The zero-order valence-electron chi connectivity index (χ0n) is 34.0. The maximum absolute atomic E-state index is 13.1. The molecule has 5 saturated carbocycles. The van der Waals surface area contributed by atoms with Crippen LogP contribution in [0.25, 0.3) is 0 Å². The van der Waals surface area contributed by atoms with Gasteiger partial charge in [-0.1, -0.05) is 39.5 Å². The summed E-state index contributed by atoms with van der Waals surface area (Å²) < 4.78 is 30.1. The van der Waals surface area contributed by atoms with Crippen LogP contribution in [-0.2, 0) is 42.9 Å². The molecule has 5 aliphatic rings. The van der Waals surface area contributed by atoms with E-state index >= 15 is 0 Å². The highest BCUT2D eigenvalue weighted by Crippen LogP contribution is 2.35. The molecule has 5 aliphatic carbocycles. The second-order valence-electron chi connectivity index (χ2n) is 18.0. The first-order chi connectivity index (χ1) is 27.0. The fraction of sp³-hybridized carbons (Fsp3) is 0.884. The average Bonchev–Trinajstić information content (AvgIpc) is 3.19. The number of aliphatic carboxylic acids is 2. The van der Waals surface area contributed by atoms with Crippen molar-refractivity contribution in [1.29, 1.82) is 0 Å². The first-order valence-electron chi connectivity index (χ1n) is 21.7. The third-order valence-corrected chi connectivity index (χ3v) is 12.9. The number of carboxylic acid groups (broad SMARTS) is 2. The Morgan fingerprint density at radius 2 is 1.16 bits per heavy atom. The van der Waals surface area contributed by atoms with Crippen molar-refractivity contribution in [2.45, 2.75) is 178 Å². The van der Waals surface area contributed by atoms with E-state index in [-0.39, 0.29) is 53.7 Å². The van der Waals surface area contributed by atoms with Gasteiger partial charge in [0.2, 0.25) is 5.91 Å². The predicted molar refractivity (Wildman–Crippen MR) is 208 cm³/mol. The minimum atomic E-state index is -0.947. The number of nitrogens with one attached hydrogen (secondary N) is 2. The van der Waals surface area contributed by atoms with Crippen LogP contribution in [0.15, 0.2) is 0 Å². The average molecular weight is 791 g/mol. The zero-order valence-corrected chi connectivity index (χ0v) is 34.0. The Labute approximate surface area is 334 Å². The molecule has 0 aliphatic heterocycles. The summed E-state index contributed by atoms with van der Waals surface area (Å²) in [5.41, 5.74) is 3.08. The minimum Gasteiger partial charge on any atom is -0.481 e. The number of terminal acetylenes is 1. The Bertz CT molecular complexity index is 1250. The van der Waals surface area contributed by atoms with Gasteiger partial charge >= 0.3 is 11.9 Å². The molecule has 56 heavy (non-hydrogen) atoms. The highest BCUT2D eigenvalue weighted by atomic mass is 16.6. The molecule has 13 heteroatoms. The van der Waals surface area contributed by atoms with Crippen LogP contribution in [0.1, 0.15) is 136 Å². The highest BCUT2D eigenvalue weighted by molar-refractivity contribution is 5.85. The zero-order chi connectivity index (χ0) is 39.9. The summed E-state index contributed by atoms with van der Waals surface area (Å²) >= 11 is 0. The number of amides is 1. The van der Waals surface area contributed by atoms with Crippen LogP contribution in [-0.4, -0.2) is 104 Å². The summed E-state index contributed by atoms with van der Waals surface area (Å²) in [5, 5.41) is 22.7. The van der Waals surface area contributed by atoms with E-state index in [1.54, 1.807) is 0 Å². The molecule has 0 aromatic heterocycles. The molecule has 5 fully saturated rings. The van der Waals surface area contributed by atoms with Gasteiger partial charge in [0.15, 0.2) is 0 Å². The van der Waals surface area contributed by atoms with Crippen LogP contribution in [0.5, 0.6) is 0 Å². The van der Waals surface area contributed by atoms with Gasteiger partial charge in [0.1, 0.15) is 12.2 Å². The van der Waals surface area contributed by atoms with Crippen LogP contribution in [0.4, 0.5) is 0 Å². The molecule has 4 N–H and O–H groups in total. The first kappa shape index (κ1) is 44.6. The van der Waals surface area contributed by atoms with Crippen LogP contribution in [0.3, 0.4) is 0 Å². The maximum atomic E-state index is 13.1. The summed E-state index contributed by atoms with van der Waals surface area (Å²) in [5.74, 6) is -3.80. The first-order valence-corrected chi connectivity index (χ1v) is 21.7. The van der Waals surface area contributed by atoms with E-state index < -0.39 is 29.7 Å². The molecule has 6 atom stereocenters. The van der Waals surface area contributed by atoms with Crippen LogP contribution >= 0.6 is 0 Å². The van der Waals surface area contributed by atoms with Crippen molar-refractivity contribution in [2.75, 3.05) is 33.0 Å². The second-order valence-corrected chi connectivity index (χ2v) is 18.0. The number of hydrogen-bond acceptors (Lipinski definition) is 10. The van der Waals surface area contributed by atoms with Crippen molar-refractivity contribution in [3.63, 3.8) is 0 Å². The lowest BCUT2D eigenvalue weighted by Crippen LogP contribution is -2.47. The van der Waals surface area contributed by atoms with Crippen molar-refractivity contribution >= 4 is 17.8 Å². The van der Waals surface area contributed by atoms with Crippen molar-refractivity contribution in [3.8, 4) is 12.5 Å². The quantitative estimate of drug-likeness (QED) is 0.0644. The van der Waals surface area contributed by atoms with Crippen molar-refractivity contribution in [1.82, 2.24) is 10.8 Å². The molecule has 0 aromatic carbocycles. The highest BCUT2D eigenvalue weighted by Gasteiger charge is 2.41. The standard InChI is InChI=1S/C43H70N2O11/c1-4-51-36-19-21-38(42(49)50)39(25-36)40(46)44-30-10-14-33(15-11-30)54-27-43(2,3)28-55-34-16-12-31(13-17-34)45-56-26-29-24-35(18-20-37(29)41(47)48)53-23-22-52-32-8-6-5-7-9-32/h1,29-39,45H,5-28H2,2-3H3,(H,44,46)(H,47,48)(H,49,50). The number of hydrogen-bond donors (Lipinski definition) is 4. The van der Waals surface area contributed by atoms with Gasteiger partial charge in [-0.25, -0.2) is 0 Å². The van der Waals surface area contributed by atoms with Gasteiger partial charge in [-0.05, 0) is 109 Å². The Morgan fingerprint density at radius 1 is 0.625 bits per heavy atom. The van der Waals surface area contributed by atoms with Crippen LogP contribution < -0.4 is 10.8 Å². The minimum absolute atomic E-state index is 0.000841. The molecule has 1 amide bonds. The van der Waals surface area contributed by atoms with Gasteiger partial charge in [0.05, 0.1) is 75.2 Å². The smallest absolute Gasteiger partial charge is 0.307 e. The Kier molecular flexibility index (Phi) is 18.0. The molecular formula is C43H70N2O11. The number of carbonyl (C=O) groups is 3. The Hall–Kier alpha value is -2.47. The van der Waals surface area contributed by atoms with Crippen LogP contribution in [0, 0.1) is 41.6 Å². The third-order valence-electron chi connectivity index (χ3n) is 12.9. The number of carbonyl (C=O) groups excluding carboxylic acids is 1. The molecule has 0 heterocycles. The predicted octanol–water partition coefficient (Wildman–Crippen LogP) is 6.02. The molecular weight excluding hydrogens is 720 g/mol. The second kappa shape index (κ2) is 22.6. The van der Waals surface area contributed by atoms with E-state index in [1.165, 1.54) is 19.3 Å². The van der Waals surface area contributed by atoms with E-state index in [0.717, 1.165) is 70.6 Å². The molecule has 0 saturated heterocycles. The van der Waals surface area contributed by atoms with Gasteiger partial charge in [-0.2, -0.15) is 5.48 Å². The van der Waals surface area contributed by atoms with E-state index in [1.807, 2.05) is 0 Å². The van der Waals surface area contributed by atoms with Crippen molar-refractivity contribution in [2.24, 2.45) is 29.1 Å². The number of rotatable bonds is 20. The lowest BCUT2D eigenvalue weighted by atomic mass is 9.77. The summed E-state index contributed by atoms with van der Waals surface area (Å²) in [6, 6.07) is 0.210. The Morgan fingerprint density at radius 3 is 1.77 bits per heavy atom. The molecule has 13 nitrogen and oxygen atoms in total.